The average Bonchev–Trinajstić information content (AvgIpc) is 2.89. The van der Waals surface area contributed by atoms with Gasteiger partial charge in [0.1, 0.15) is 5.75 Å². The molecule has 6 nitrogen and oxygen atoms in total. The van der Waals surface area contributed by atoms with Crippen LogP contribution in [-0.2, 0) is 11.3 Å². The van der Waals surface area contributed by atoms with Crippen LogP contribution in [0.1, 0.15) is 24.1 Å². The Bertz CT molecular complexity index is 1080. The zero-order valence-corrected chi connectivity index (χ0v) is 21.0. The van der Waals surface area contributed by atoms with Crippen LogP contribution in [0.3, 0.4) is 0 Å². The number of likely N-dealkylation sites (N-methyl/N-ethyl adjacent to an activating group) is 1. The minimum absolute atomic E-state index is 0.0310. The summed E-state index contributed by atoms with van der Waals surface area (Å²) in [6, 6.07) is 26.8. The van der Waals surface area contributed by atoms with Gasteiger partial charge in [-0.1, -0.05) is 48.5 Å². The molecule has 0 bridgehead atoms. The van der Waals surface area contributed by atoms with Gasteiger partial charge in [-0.15, -0.1) is 0 Å². The topological polar surface area (TPSA) is 48.1 Å². The number of ether oxygens (including phenoxy) is 1. The number of hydrogen-bond donors (Lipinski definition) is 1. The lowest BCUT2D eigenvalue weighted by Gasteiger charge is -2.36. The summed E-state index contributed by atoms with van der Waals surface area (Å²) >= 11 is 0. The molecule has 3 aromatic carbocycles. The van der Waals surface area contributed by atoms with Gasteiger partial charge in [0.15, 0.2) is 0 Å². The first-order valence-corrected chi connectivity index (χ1v) is 12.3. The number of rotatable bonds is 9. The Kier molecular flexibility index (Phi) is 8.40. The van der Waals surface area contributed by atoms with Crippen molar-refractivity contribution in [1.29, 1.82) is 0 Å². The third-order valence-electron chi connectivity index (χ3n) is 6.78. The largest absolute Gasteiger partial charge is 0.496 e. The number of carbonyl (C=O) groups is 1. The predicted octanol–water partition coefficient (Wildman–Crippen LogP) is 4.65. The number of piperazine rings is 1. The fraction of sp³-hybridized carbons (Fsp3) is 0.345. The van der Waals surface area contributed by atoms with Crippen molar-refractivity contribution in [2.75, 3.05) is 57.1 Å². The van der Waals surface area contributed by atoms with Gasteiger partial charge in [-0.3, -0.25) is 14.6 Å². The highest BCUT2D eigenvalue weighted by atomic mass is 16.5. The maximum absolute atomic E-state index is 12.7. The van der Waals surface area contributed by atoms with Crippen molar-refractivity contribution in [3.8, 4) is 5.75 Å². The molecule has 4 rings (SSSR count). The van der Waals surface area contributed by atoms with Gasteiger partial charge in [0, 0.05) is 55.7 Å². The van der Waals surface area contributed by atoms with Gasteiger partial charge in [0.25, 0.3) is 0 Å². The normalized spacial score (nSPS) is 15.1. The molecule has 0 saturated carbocycles. The van der Waals surface area contributed by atoms with Crippen LogP contribution in [0.5, 0.6) is 5.75 Å². The average molecular weight is 473 g/mol. The first kappa shape index (κ1) is 24.8. The summed E-state index contributed by atoms with van der Waals surface area (Å²) in [5.74, 6) is 0.806. The molecule has 3 aromatic rings. The van der Waals surface area contributed by atoms with Crippen molar-refractivity contribution in [3.63, 3.8) is 0 Å². The first-order chi connectivity index (χ1) is 17.0. The van der Waals surface area contributed by atoms with E-state index >= 15 is 0 Å². The molecular formula is C29H36N4O2. The molecule has 1 saturated heterocycles. The van der Waals surface area contributed by atoms with Gasteiger partial charge in [0.05, 0.1) is 13.7 Å². The second kappa shape index (κ2) is 11.9. The van der Waals surface area contributed by atoms with Crippen molar-refractivity contribution in [2.45, 2.75) is 19.5 Å². The van der Waals surface area contributed by atoms with Crippen LogP contribution in [-0.4, -0.2) is 62.6 Å². The summed E-state index contributed by atoms with van der Waals surface area (Å²) in [7, 11) is 3.63. The molecule has 6 heteroatoms. The van der Waals surface area contributed by atoms with Crippen molar-refractivity contribution in [2.24, 2.45) is 0 Å². The fourth-order valence-electron chi connectivity index (χ4n) is 4.57. The predicted molar refractivity (Wildman–Crippen MR) is 143 cm³/mol. The Morgan fingerprint density at radius 3 is 2.29 bits per heavy atom. The summed E-state index contributed by atoms with van der Waals surface area (Å²) in [6.07, 6.45) is 0. The number of benzene rings is 3. The van der Waals surface area contributed by atoms with E-state index in [9.17, 15) is 4.79 Å². The second-order valence-corrected chi connectivity index (χ2v) is 9.18. The molecule has 0 radical (unpaired) electrons. The van der Waals surface area contributed by atoms with Crippen molar-refractivity contribution in [3.05, 3.63) is 90.0 Å². The Balaban J connectivity index is 1.25. The highest BCUT2D eigenvalue weighted by Gasteiger charge is 2.19. The van der Waals surface area contributed by atoms with Crippen molar-refractivity contribution >= 4 is 17.3 Å². The summed E-state index contributed by atoms with van der Waals surface area (Å²) in [5.41, 5.74) is 4.45. The van der Waals surface area contributed by atoms with Crippen LogP contribution in [0.2, 0.25) is 0 Å². The van der Waals surface area contributed by atoms with Crippen molar-refractivity contribution in [1.82, 2.24) is 9.80 Å². The highest BCUT2D eigenvalue weighted by Crippen LogP contribution is 2.28. The molecule has 1 unspecified atom stereocenters. The third-order valence-corrected chi connectivity index (χ3v) is 6.78. The summed E-state index contributed by atoms with van der Waals surface area (Å²) in [5, 5.41) is 3.03. The maximum atomic E-state index is 12.7. The van der Waals surface area contributed by atoms with E-state index in [0.717, 1.165) is 49.7 Å². The van der Waals surface area contributed by atoms with E-state index in [0.29, 0.717) is 6.54 Å². The number of hydrogen-bond acceptors (Lipinski definition) is 5. The molecule has 1 aliphatic heterocycles. The second-order valence-electron chi connectivity index (χ2n) is 9.18. The lowest BCUT2D eigenvalue weighted by atomic mass is 10.1. The smallest absolute Gasteiger partial charge is 0.238 e. The molecule has 184 valence electrons. The Morgan fingerprint density at radius 2 is 1.60 bits per heavy atom. The van der Waals surface area contributed by atoms with Crippen molar-refractivity contribution < 1.29 is 9.53 Å². The molecule has 0 aliphatic carbocycles. The third kappa shape index (κ3) is 6.62. The van der Waals surface area contributed by atoms with E-state index in [-0.39, 0.29) is 11.9 Å². The van der Waals surface area contributed by atoms with Gasteiger partial charge in [-0.25, -0.2) is 0 Å². The monoisotopic (exact) mass is 472 g/mol. The highest BCUT2D eigenvalue weighted by molar-refractivity contribution is 5.92. The minimum atomic E-state index is -0.0310. The zero-order valence-electron chi connectivity index (χ0n) is 21.0. The van der Waals surface area contributed by atoms with E-state index in [1.54, 1.807) is 7.11 Å². The fourth-order valence-corrected chi connectivity index (χ4v) is 4.57. The first-order valence-electron chi connectivity index (χ1n) is 12.3. The summed E-state index contributed by atoms with van der Waals surface area (Å²) in [4.78, 5) is 19.6. The van der Waals surface area contributed by atoms with E-state index in [1.165, 1.54) is 11.3 Å². The van der Waals surface area contributed by atoms with E-state index in [4.69, 9.17) is 4.74 Å². The number of para-hydroxylation sites is 1. The van der Waals surface area contributed by atoms with Crippen LogP contribution in [0.15, 0.2) is 78.9 Å². The van der Waals surface area contributed by atoms with E-state index in [2.05, 4.69) is 64.5 Å². The molecular weight excluding hydrogens is 436 g/mol. The number of nitrogens with zero attached hydrogens (tertiary/aromatic N) is 3. The van der Waals surface area contributed by atoms with Gasteiger partial charge < -0.3 is 15.0 Å². The number of nitrogens with one attached hydrogen (secondary N) is 1. The van der Waals surface area contributed by atoms with Gasteiger partial charge in [0.2, 0.25) is 5.91 Å². The van der Waals surface area contributed by atoms with Gasteiger partial charge in [-0.05, 0) is 49.9 Å². The molecule has 1 atom stereocenters. The number of anilines is 2. The lowest BCUT2D eigenvalue weighted by molar-refractivity contribution is -0.117. The van der Waals surface area contributed by atoms with Gasteiger partial charge in [-0.2, -0.15) is 0 Å². The van der Waals surface area contributed by atoms with Crippen LogP contribution < -0.4 is 15.0 Å². The maximum Gasteiger partial charge on any atom is 0.238 e. The summed E-state index contributed by atoms with van der Waals surface area (Å²) in [6.45, 7) is 7.48. The van der Waals surface area contributed by atoms with Crippen LogP contribution in [0.25, 0.3) is 0 Å². The van der Waals surface area contributed by atoms with E-state index < -0.39 is 0 Å². The van der Waals surface area contributed by atoms with Crippen LogP contribution in [0.4, 0.5) is 11.4 Å². The number of carbonyl (C=O) groups excluding carboxylic acids is 1. The Hall–Kier alpha value is -3.35. The SMILES string of the molecule is COc1ccccc1C(C)N(C)CC(=O)Nc1ccc(N2CCN(Cc3ccccc3)CC2)cc1. The Morgan fingerprint density at radius 1 is 0.943 bits per heavy atom. The molecule has 1 aliphatic rings. The molecule has 1 fully saturated rings. The molecule has 1 N–H and O–H groups in total. The molecule has 1 amide bonds. The van der Waals surface area contributed by atoms with Crippen LogP contribution >= 0.6 is 0 Å². The lowest BCUT2D eigenvalue weighted by Crippen LogP contribution is -2.45. The van der Waals surface area contributed by atoms with Gasteiger partial charge >= 0.3 is 0 Å². The number of methoxy groups -OCH3 is 1. The summed E-state index contributed by atoms with van der Waals surface area (Å²) < 4.78 is 5.48. The number of amides is 1. The zero-order chi connectivity index (χ0) is 24.6. The molecule has 0 spiro atoms. The minimum Gasteiger partial charge on any atom is -0.496 e. The molecule has 1 heterocycles. The molecule has 0 aromatic heterocycles. The molecule has 35 heavy (non-hydrogen) atoms. The standard InChI is InChI=1S/C29H36N4O2/c1-23(27-11-7-8-12-28(27)35-3)31(2)22-29(34)30-25-13-15-26(16-14-25)33-19-17-32(18-20-33)21-24-9-5-4-6-10-24/h4-16,23H,17-22H2,1-3H3,(H,30,34). The quantitative estimate of drug-likeness (QED) is 0.491. The van der Waals surface area contributed by atoms with E-state index in [1.807, 2.05) is 48.3 Å². The Labute approximate surface area is 209 Å². The van der Waals surface area contributed by atoms with Crippen LogP contribution in [0, 0.1) is 0 Å².